The zero-order chi connectivity index (χ0) is 18.5. The Labute approximate surface area is 156 Å². The molecule has 3 aromatic rings. The van der Waals surface area contributed by atoms with Gasteiger partial charge in [-0.3, -0.25) is 14.9 Å². The quantitative estimate of drug-likeness (QED) is 0.374. The number of carbonyl (C=O) groups is 1. The van der Waals surface area contributed by atoms with Crippen molar-refractivity contribution in [1.29, 1.82) is 0 Å². The SMILES string of the molecule is CCn1c(SCC(=O)Nc2ncc([N+](=O)[O-])s2)nnc1-c1ccccc1. The lowest BCUT2D eigenvalue weighted by molar-refractivity contribution is -0.380. The highest BCUT2D eigenvalue weighted by Gasteiger charge is 2.16. The third-order valence-electron chi connectivity index (χ3n) is 3.32. The first-order chi connectivity index (χ1) is 12.6. The summed E-state index contributed by atoms with van der Waals surface area (Å²) in [5.41, 5.74) is 0.952. The maximum Gasteiger partial charge on any atom is 0.345 e. The number of benzene rings is 1. The topological polar surface area (TPSA) is 116 Å². The molecule has 0 bridgehead atoms. The van der Waals surface area contributed by atoms with Crippen molar-refractivity contribution in [3.8, 4) is 11.4 Å². The van der Waals surface area contributed by atoms with Crippen LogP contribution in [0.5, 0.6) is 0 Å². The van der Waals surface area contributed by atoms with Gasteiger partial charge in [-0.05, 0) is 18.3 Å². The second kappa shape index (κ2) is 8.06. The van der Waals surface area contributed by atoms with E-state index in [1.165, 1.54) is 11.8 Å². The van der Waals surface area contributed by atoms with Gasteiger partial charge in [0.05, 0.1) is 10.7 Å². The summed E-state index contributed by atoms with van der Waals surface area (Å²) >= 11 is 2.06. The van der Waals surface area contributed by atoms with E-state index < -0.39 is 4.92 Å². The Morgan fingerprint density at radius 3 is 2.77 bits per heavy atom. The van der Waals surface area contributed by atoms with E-state index in [0.717, 1.165) is 28.9 Å². The number of nitrogens with zero attached hydrogens (tertiary/aromatic N) is 5. The molecule has 0 aliphatic rings. The number of amides is 1. The Balaban J connectivity index is 1.65. The van der Waals surface area contributed by atoms with Gasteiger partial charge in [0.1, 0.15) is 6.20 Å². The molecule has 0 saturated heterocycles. The molecule has 9 nitrogen and oxygen atoms in total. The van der Waals surface area contributed by atoms with Gasteiger partial charge in [0.15, 0.2) is 16.1 Å². The number of carbonyl (C=O) groups excluding carboxylic acids is 1. The molecule has 2 aromatic heterocycles. The van der Waals surface area contributed by atoms with Crippen molar-refractivity contribution in [2.24, 2.45) is 0 Å². The predicted molar refractivity (Wildman–Crippen MR) is 99.3 cm³/mol. The minimum absolute atomic E-state index is 0.0975. The smallest absolute Gasteiger partial charge is 0.302 e. The van der Waals surface area contributed by atoms with E-state index in [1.807, 2.05) is 41.8 Å². The maximum absolute atomic E-state index is 12.0. The van der Waals surface area contributed by atoms with Gasteiger partial charge in [0.25, 0.3) is 0 Å². The number of hydrogen-bond donors (Lipinski definition) is 1. The van der Waals surface area contributed by atoms with Gasteiger partial charge in [-0.2, -0.15) is 0 Å². The van der Waals surface area contributed by atoms with Crippen LogP contribution in [0.2, 0.25) is 0 Å². The first-order valence-corrected chi connectivity index (χ1v) is 9.40. The number of thioether (sulfide) groups is 1. The summed E-state index contributed by atoms with van der Waals surface area (Å²) in [7, 11) is 0. The molecule has 26 heavy (non-hydrogen) atoms. The molecular formula is C15H14N6O3S2. The van der Waals surface area contributed by atoms with Crippen LogP contribution in [0.1, 0.15) is 6.92 Å². The molecular weight excluding hydrogens is 376 g/mol. The second-order valence-corrected chi connectivity index (χ2v) is 6.97. The van der Waals surface area contributed by atoms with Crippen molar-refractivity contribution in [1.82, 2.24) is 19.7 Å². The second-order valence-electron chi connectivity index (χ2n) is 5.01. The van der Waals surface area contributed by atoms with E-state index in [0.29, 0.717) is 11.7 Å². The third kappa shape index (κ3) is 4.06. The Hall–Kier alpha value is -2.79. The van der Waals surface area contributed by atoms with Gasteiger partial charge in [0.2, 0.25) is 5.91 Å². The Morgan fingerprint density at radius 1 is 1.35 bits per heavy atom. The molecule has 0 radical (unpaired) electrons. The number of aromatic nitrogens is 4. The molecule has 0 spiro atoms. The molecule has 0 atom stereocenters. The van der Waals surface area contributed by atoms with Crippen molar-refractivity contribution in [2.75, 3.05) is 11.1 Å². The highest BCUT2D eigenvalue weighted by atomic mass is 32.2. The number of nitro groups is 1. The minimum atomic E-state index is -0.545. The summed E-state index contributed by atoms with van der Waals surface area (Å²) < 4.78 is 1.93. The summed E-state index contributed by atoms with van der Waals surface area (Å²) in [6.07, 6.45) is 1.12. The first-order valence-electron chi connectivity index (χ1n) is 7.60. The lowest BCUT2D eigenvalue weighted by atomic mass is 10.2. The Morgan fingerprint density at radius 2 is 2.12 bits per heavy atom. The normalized spacial score (nSPS) is 10.7. The molecule has 134 valence electrons. The van der Waals surface area contributed by atoms with Crippen LogP contribution < -0.4 is 5.32 Å². The van der Waals surface area contributed by atoms with Crippen molar-refractivity contribution >= 4 is 39.1 Å². The van der Waals surface area contributed by atoms with Gasteiger partial charge in [-0.15, -0.1) is 10.2 Å². The van der Waals surface area contributed by atoms with E-state index >= 15 is 0 Å². The van der Waals surface area contributed by atoms with Crippen LogP contribution >= 0.6 is 23.1 Å². The summed E-state index contributed by atoms with van der Waals surface area (Å²) in [6.45, 7) is 2.65. The number of anilines is 1. The average Bonchev–Trinajstić information content (AvgIpc) is 3.27. The Bertz CT molecular complexity index is 925. The number of hydrogen-bond acceptors (Lipinski definition) is 8. The van der Waals surface area contributed by atoms with E-state index in [1.54, 1.807) is 0 Å². The average molecular weight is 390 g/mol. The van der Waals surface area contributed by atoms with E-state index in [4.69, 9.17) is 0 Å². The molecule has 1 amide bonds. The van der Waals surface area contributed by atoms with Gasteiger partial charge >= 0.3 is 5.00 Å². The van der Waals surface area contributed by atoms with Crippen LogP contribution in [-0.4, -0.2) is 36.3 Å². The summed E-state index contributed by atoms with van der Waals surface area (Å²) in [5.74, 6) is 0.526. The fraction of sp³-hybridized carbons (Fsp3) is 0.200. The van der Waals surface area contributed by atoms with Crippen molar-refractivity contribution in [3.05, 3.63) is 46.6 Å². The third-order valence-corrected chi connectivity index (χ3v) is 5.15. The molecule has 0 saturated carbocycles. The zero-order valence-electron chi connectivity index (χ0n) is 13.7. The molecule has 3 rings (SSSR count). The van der Waals surface area contributed by atoms with Gasteiger partial charge in [-0.1, -0.05) is 42.1 Å². The first kappa shape index (κ1) is 18.0. The summed E-state index contributed by atoms with van der Waals surface area (Å²) in [5, 5.41) is 22.3. The predicted octanol–water partition coefficient (Wildman–Crippen LogP) is 3.06. The number of nitrogens with one attached hydrogen (secondary N) is 1. The highest BCUT2D eigenvalue weighted by molar-refractivity contribution is 7.99. The van der Waals surface area contributed by atoms with Crippen molar-refractivity contribution < 1.29 is 9.72 Å². The molecule has 0 unspecified atom stereocenters. The summed E-state index contributed by atoms with van der Waals surface area (Å²) in [4.78, 5) is 26.0. The largest absolute Gasteiger partial charge is 0.345 e. The molecule has 0 fully saturated rings. The standard InChI is InChI=1S/C15H14N6O3S2/c1-2-20-13(10-6-4-3-5-7-10)18-19-15(20)25-9-11(22)17-14-16-8-12(26-14)21(23)24/h3-8H,2,9H2,1H3,(H,16,17,22). The van der Waals surface area contributed by atoms with Crippen LogP contribution in [0.3, 0.4) is 0 Å². The van der Waals surface area contributed by atoms with Crippen molar-refractivity contribution in [2.45, 2.75) is 18.6 Å². The van der Waals surface area contributed by atoms with Gasteiger partial charge < -0.3 is 9.88 Å². The molecule has 0 aliphatic carbocycles. The fourth-order valence-electron chi connectivity index (χ4n) is 2.17. The summed E-state index contributed by atoms with van der Waals surface area (Å²) in [6, 6.07) is 9.69. The van der Waals surface area contributed by atoms with E-state index in [-0.39, 0.29) is 21.8 Å². The number of thiazole rings is 1. The lowest BCUT2D eigenvalue weighted by Crippen LogP contribution is -2.14. The number of rotatable bonds is 7. The highest BCUT2D eigenvalue weighted by Crippen LogP contribution is 2.26. The minimum Gasteiger partial charge on any atom is -0.302 e. The molecule has 2 heterocycles. The molecule has 0 aliphatic heterocycles. The van der Waals surface area contributed by atoms with Crippen LogP contribution in [0, 0.1) is 10.1 Å². The van der Waals surface area contributed by atoms with Crippen LogP contribution in [0.15, 0.2) is 41.7 Å². The fourth-order valence-corrected chi connectivity index (χ4v) is 3.63. The molecule has 1 N–H and O–H groups in total. The Kier molecular flexibility index (Phi) is 5.58. The van der Waals surface area contributed by atoms with Crippen LogP contribution in [0.4, 0.5) is 10.1 Å². The van der Waals surface area contributed by atoms with Gasteiger partial charge in [-0.25, -0.2) is 4.98 Å². The monoisotopic (exact) mass is 390 g/mol. The van der Waals surface area contributed by atoms with Crippen molar-refractivity contribution in [3.63, 3.8) is 0 Å². The van der Waals surface area contributed by atoms with E-state index in [2.05, 4.69) is 20.5 Å². The molecule has 1 aromatic carbocycles. The molecule has 11 heteroatoms. The lowest BCUT2D eigenvalue weighted by Gasteiger charge is -2.07. The maximum atomic E-state index is 12.0. The van der Waals surface area contributed by atoms with Crippen LogP contribution in [0.25, 0.3) is 11.4 Å². The van der Waals surface area contributed by atoms with Crippen LogP contribution in [-0.2, 0) is 11.3 Å². The van der Waals surface area contributed by atoms with Gasteiger partial charge in [0, 0.05) is 12.1 Å². The van der Waals surface area contributed by atoms with E-state index in [9.17, 15) is 14.9 Å². The zero-order valence-corrected chi connectivity index (χ0v) is 15.3.